The molecule has 0 bridgehead atoms. The molecule has 1 aromatic carbocycles. The van der Waals surface area contributed by atoms with Gasteiger partial charge in [0.05, 0.1) is 17.7 Å². The highest BCUT2D eigenvalue weighted by Gasteiger charge is 2.26. The van der Waals surface area contributed by atoms with E-state index >= 15 is 0 Å². The van der Waals surface area contributed by atoms with Crippen molar-refractivity contribution in [3.05, 3.63) is 35.1 Å². The molecule has 1 heterocycles. The monoisotopic (exact) mass is 305 g/mol. The van der Waals surface area contributed by atoms with Crippen LogP contribution in [0.4, 0.5) is 4.39 Å². The minimum atomic E-state index is -0.328. The van der Waals surface area contributed by atoms with Gasteiger partial charge in [-0.05, 0) is 31.5 Å². The number of piperazine rings is 1. The Labute approximate surface area is 131 Å². The second kappa shape index (κ2) is 7.68. The molecule has 5 heteroatoms. The number of halogens is 1. The highest BCUT2D eigenvalue weighted by atomic mass is 19.1. The molecular formula is C17H24FN3O. The Morgan fingerprint density at radius 1 is 1.45 bits per heavy atom. The van der Waals surface area contributed by atoms with Crippen molar-refractivity contribution < 1.29 is 9.50 Å². The SMILES string of the molecule is CC[C@@H]1CN(Cc2cc(C#N)ccc2F)CCN1C[C@H](C)O. The number of aliphatic hydroxyl groups is 1. The maximum Gasteiger partial charge on any atom is 0.127 e. The fraction of sp³-hybridized carbons (Fsp3) is 0.588. The number of benzene rings is 1. The average Bonchev–Trinajstić information content (AvgIpc) is 2.50. The van der Waals surface area contributed by atoms with Crippen LogP contribution in [0.3, 0.4) is 0 Å². The van der Waals surface area contributed by atoms with Crippen LogP contribution in [0.5, 0.6) is 0 Å². The Balaban J connectivity index is 2.02. The van der Waals surface area contributed by atoms with Gasteiger partial charge in [0.25, 0.3) is 0 Å². The molecule has 0 amide bonds. The summed E-state index contributed by atoms with van der Waals surface area (Å²) in [7, 11) is 0. The van der Waals surface area contributed by atoms with Gasteiger partial charge < -0.3 is 5.11 Å². The van der Waals surface area contributed by atoms with Crippen molar-refractivity contribution in [1.29, 1.82) is 5.26 Å². The molecular weight excluding hydrogens is 281 g/mol. The Morgan fingerprint density at radius 3 is 2.86 bits per heavy atom. The lowest BCUT2D eigenvalue weighted by molar-refractivity contribution is 0.0334. The zero-order valence-electron chi connectivity index (χ0n) is 13.3. The van der Waals surface area contributed by atoms with Crippen LogP contribution in [0, 0.1) is 17.1 Å². The number of β-amino-alcohol motifs (C(OH)–C–C–N with tert-alkyl or cyclic N) is 1. The molecule has 0 aromatic heterocycles. The van der Waals surface area contributed by atoms with Gasteiger partial charge in [-0.2, -0.15) is 5.26 Å². The molecule has 4 nitrogen and oxygen atoms in total. The molecule has 1 fully saturated rings. The van der Waals surface area contributed by atoms with E-state index in [4.69, 9.17) is 5.26 Å². The maximum atomic E-state index is 13.9. The van der Waals surface area contributed by atoms with Crippen LogP contribution in [0.1, 0.15) is 31.4 Å². The summed E-state index contributed by atoms with van der Waals surface area (Å²) in [6.45, 7) is 7.74. The van der Waals surface area contributed by atoms with Crippen LogP contribution in [0.15, 0.2) is 18.2 Å². The molecule has 0 radical (unpaired) electrons. The number of aliphatic hydroxyl groups excluding tert-OH is 1. The van der Waals surface area contributed by atoms with Crippen molar-refractivity contribution in [3.63, 3.8) is 0 Å². The number of hydrogen-bond donors (Lipinski definition) is 1. The molecule has 1 aromatic rings. The van der Waals surface area contributed by atoms with E-state index in [1.54, 1.807) is 6.07 Å². The zero-order valence-corrected chi connectivity index (χ0v) is 13.3. The summed E-state index contributed by atoms with van der Waals surface area (Å²) in [5.74, 6) is -0.251. The largest absolute Gasteiger partial charge is 0.392 e. The summed E-state index contributed by atoms with van der Waals surface area (Å²) < 4.78 is 13.9. The number of hydrogen-bond acceptors (Lipinski definition) is 4. The molecule has 1 saturated heterocycles. The predicted molar refractivity (Wildman–Crippen MR) is 83.7 cm³/mol. The molecule has 2 rings (SSSR count). The Bertz CT molecular complexity index is 541. The van der Waals surface area contributed by atoms with Crippen LogP contribution < -0.4 is 0 Å². The van der Waals surface area contributed by atoms with Gasteiger partial charge >= 0.3 is 0 Å². The highest BCUT2D eigenvalue weighted by Crippen LogP contribution is 2.18. The summed E-state index contributed by atoms with van der Waals surface area (Å²) in [6.07, 6.45) is 0.676. The van der Waals surface area contributed by atoms with E-state index in [0.29, 0.717) is 30.3 Å². The second-order valence-corrected chi connectivity index (χ2v) is 6.06. The average molecular weight is 305 g/mol. The zero-order chi connectivity index (χ0) is 16.1. The molecule has 22 heavy (non-hydrogen) atoms. The van der Waals surface area contributed by atoms with Gasteiger partial charge in [0.1, 0.15) is 5.82 Å². The van der Waals surface area contributed by atoms with Gasteiger partial charge in [0.15, 0.2) is 0 Å². The molecule has 0 unspecified atom stereocenters. The van der Waals surface area contributed by atoms with Gasteiger partial charge in [-0.1, -0.05) is 6.92 Å². The summed E-state index contributed by atoms with van der Waals surface area (Å²) in [4.78, 5) is 4.54. The molecule has 1 aliphatic heterocycles. The van der Waals surface area contributed by atoms with Crippen molar-refractivity contribution in [1.82, 2.24) is 9.80 Å². The van der Waals surface area contributed by atoms with Crippen LogP contribution in [-0.4, -0.2) is 53.2 Å². The quantitative estimate of drug-likeness (QED) is 0.904. The normalized spacial score (nSPS) is 21.5. The number of rotatable bonds is 5. The fourth-order valence-electron chi connectivity index (χ4n) is 3.07. The van der Waals surface area contributed by atoms with Gasteiger partial charge in [0.2, 0.25) is 0 Å². The van der Waals surface area contributed by atoms with Crippen molar-refractivity contribution >= 4 is 0 Å². The second-order valence-electron chi connectivity index (χ2n) is 6.06. The van der Waals surface area contributed by atoms with E-state index in [1.807, 2.05) is 6.92 Å². The number of nitrogens with zero attached hydrogens (tertiary/aromatic N) is 3. The van der Waals surface area contributed by atoms with E-state index in [0.717, 1.165) is 26.1 Å². The Hall–Kier alpha value is -1.48. The van der Waals surface area contributed by atoms with Crippen LogP contribution in [0.25, 0.3) is 0 Å². The minimum absolute atomic E-state index is 0.251. The first kappa shape index (κ1) is 16.9. The third-order valence-electron chi connectivity index (χ3n) is 4.23. The fourth-order valence-corrected chi connectivity index (χ4v) is 3.07. The lowest BCUT2D eigenvalue weighted by Gasteiger charge is -2.41. The van der Waals surface area contributed by atoms with Crippen LogP contribution >= 0.6 is 0 Å². The summed E-state index contributed by atoms with van der Waals surface area (Å²) in [5.41, 5.74) is 1.08. The van der Waals surface area contributed by atoms with Gasteiger partial charge in [-0.25, -0.2) is 4.39 Å². The number of nitriles is 1. The van der Waals surface area contributed by atoms with Crippen molar-refractivity contribution in [2.24, 2.45) is 0 Å². The molecule has 0 saturated carbocycles. The van der Waals surface area contributed by atoms with Gasteiger partial charge in [0, 0.05) is 44.3 Å². The topological polar surface area (TPSA) is 50.5 Å². The van der Waals surface area contributed by atoms with E-state index in [-0.39, 0.29) is 11.9 Å². The minimum Gasteiger partial charge on any atom is -0.392 e. The first-order valence-corrected chi connectivity index (χ1v) is 7.86. The lowest BCUT2D eigenvalue weighted by atomic mass is 10.1. The predicted octanol–water partition coefficient (Wildman–Crippen LogP) is 1.97. The Kier molecular flexibility index (Phi) is 5.90. The summed E-state index contributed by atoms with van der Waals surface area (Å²) in [5, 5.41) is 18.5. The molecule has 1 aliphatic rings. The first-order valence-electron chi connectivity index (χ1n) is 7.86. The first-order chi connectivity index (χ1) is 10.5. The van der Waals surface area contributed by atoms with E-state index in [9.17, 15) is 9.50 Å². The molecule has 1 N–H and O–H groups in total. The molecule has 2 atom stereocenters. The Morgan fingerprint density at radius 2 is 2.23 bits per heavy atom. The van der Waals surface area contributed by atoms with Crippen molar-refractivity contribution in [3.8, 4) is 6.07 Å². The van der Waals surface area contributed by atoms with E-state index in [2.05, 4.69) is 22.8 Å². The summed E-state index contributed by atoms with van der Waals surface area (Å²) >= 11 is 0. The van der Waals surface area contributed by atoms with Gasteiger partial charge in [-0.3, -0.25) is 9.80 Å². The van der Waals surface area contributed by atoms with Gasteiger partial charge in [-0.15, -0.1) is 0 Å². The third kappa shape index (κ3) is 4.26. The smallest absolute Gasteiger partial charge is 0.127 e. The van der Waals surface area contributed by atoms with Crippen molar-refractivity contribution in [2.75, 3.05) is 26.2 Å². The maximum absolute atomic E-state index is 13.9. The third-order valence-corrected chi connectivity index (χ3v) is 4.23. The standard InChI is InChI=1S/C17H24FN3O/c1-3-16-12-20(6-7-21(16)10-13(2)22)11-15-8-14(9-19)4-5-17(15)18/h4-5,8,13,16,22H,3,6-7,10-12H2,1-2H3/t13-,16+/m0/s1. The lowest BCUT2D eigenvalue weighted by Crippen LogP contribution is -2.54. The summed E-state index contributed by atoms with van der Waals surface area (Å²) in [6, 6.07) is 6.95. The molecule has 120 valence electrons. The molecule has 0 spiro atoms. The van der Waals surface area contributed by atoms with Crippen LogP contribution in [0.2, 0.25) is 0 Å². The van der Waals surface area contributed by atoms with Crippen LogP contribution in [-0.2, 0) is 6.54 Å². The van der Waals surface area contributed by atoms with E-state index < -0.39 is 0 Å². The highest BCUT2D eigenvalue weighted by molar-refractivity contribution is 5.33. The molecule has 0 aliphatic carbocycles. The van der Waals surface area contributed by atoms with E-state index in [1.165, 1.54) is 12.1 Å². The van der Waals surface area contributed by atoms with Crippen molar-refractivity contribution in [2.45, 2.75) is 39.0 Å².